The molecule has 124 valence electrons. The van der Waals surface area contributed by atoms with Gasteiger partial charge in [0, 0.05) is 19.6 Å². The van der Waals surface area contributed by atoms with Crippen LogP contribution in [-0.2, 0) is 6.54 Å². The lowest BCUT2D eigenvalue weighted by molar-refractivity contribution is 0.394. The molecule has 0 amide bonds. The molecule has 1 aromatic rings. The molecule has 1 saturated heterocycles. The quantitative estimate of drug-likeness (QED) is 0.781. The van der Waals surface area contributed by atoms with Crippen molar-refractivity contribution in [3.8, 4) is 0 Å². The predicted molar refractivity (Wildman–Crippen MR) is 91.9 cm³/mol. The van der Waals surface area contributed by atoms with Crippen molar-refractivity contribution in [3.63, 3.8) is 0 Å². The van der Waals surface area contributed by atoms with Crippen LogP contribution >= 0.6 is 0 Å². The molecule has 1 N–H and O–H groups in total. The summed E-state index contributed by atoms with van der Waals surface area (Å²) >= 11 is 0. The summed E-state index contributed by atoms with van der Waals surface area (Å²) in [5, 5.41) is 3.45. The predicted octanol–water partition coefficient (Wildman–Crippen LogP) is 3.10. The first-order chi connectivity index (χ1) is 10.6. The van der Waals surface area contributed by atoms with Crippen molar-refractivity contribution in [2.75, 3.05) is 45.2 Å². The van der Waals surface area contributed by atoms with Crippen molar-refractivity contribution < 1.29 is 4.39 Å². The highest BCUT2D eigenvalue weighted by molar-refractivity contribution is 5.50. The minimum Gasteiger partial charge on any atom is -0.369 e. The van der Waals surface area contributed by atoms with Crippen LogP contribution in [0, 0.1) is 11.7 Å². The summed E-state index contributed by atoms with van der Waals surface area (Å²) in [6.45, 7) is 7.11. The molecule has 22 heavy (non-hydrogen) atoms. The Morgan fingerprint density at radius 2 is 2.00 bits per heavy atom. The van der Waals surface area contributed by atoms with E-state index < -0.39 is 0 Å². The van der Waals surface area contributed by atoms with E-state index in [0.29, 0.717) is 0 Å². The summed E-state index contributed by atoms with van der Waals surface area (Å²) < 4.78 is 14.1. The van der Waals surface area contributed by atoms with Crippen LogP contribution in [0.2, 0.25) is 0 Å². The van der Waals surface area contributed by atoms with Gasteiger partial charge < -0.3 is 15.1 Å². The average Bonchev–Trinajstić information content (AvgIpc) is 2.49. The minimum atomic E-state index is -0.0917. The Bertz CT molecular complexity index is 454. The van der Waals surface area contributed by atoms with Crippen LogP contribution in [0.1, 0.15) is 31.7 Å². The van der Waals surface area contributed by atoms with Gasteiger partial charge in [-0.25, -0.2) is 4.39 Å². The molecule has 0 saturated carbocycles. The van der Waals surface area contributed by atoms with Crippen molar-refractivity contribution in [1.29, 1.82) is 0 Å². The molecule has 4 heteroatoms. The number of piperidine rings is 1. The van der Waals surface area contributed by atoms with E-state index in [1.165, 1.54) is 5.56 Å². The van der Waals surface area contributed by atoms with E-state index in [0.717, 1.165) is 63.6 Å². The van der Waals surface area contributed by atoms with Gasteiger partial charge in [0.1, 0.15) is 5.82 Å². The molecule has 0 atom stereocenters. The maximum Gasteiger partial charge on any atom is 0.146 e. The van der Waals surface area contributed by atoms with Gasteiger partial charge in [-0.05, 0) is 70.1 Å². The molecule has 1 aromatic carbocycles. The molecule has 0 radical (unpaired) electrons. The smallest absolute Gasteiger partial charge is 0.146 e. The van der Waals surface area contributed by atoms with E-state index in [1.54, 1.807) is 6.07 Å². The first kappa shape index (κ1) is 17.2. The Morgan fingerprint density at radius 3 is 2.68 bits per heavy atom. The van der Waals surface area contributed by atoms with Crippen LogP contribution in [0.4, 0.5) is 10.1 Å². The van der Waals surface area contributed by atoms with Gasteiger partial charge in [0.05, 0.1) is 5.69 Å². The van der Waals surface area contributed by atoms with Crippen molar-refractivity contribution in [3.05, 3.63) is 29.6 Å². The van der Waals surface area contributed by atoms with E-state index in [-0.39, 0.29) is 5.82 Å². The van der Waals surface area contributed by atoms with Crippen molar-refractivity contribution in [2.45, 2.75) is 32.7 Å². The number of rotatable bonds is 7. The molecule has 0 aromatic heterocycles. The van der Waals surface area contributed by atoms with Gasteiger partial charge in [0.25, 0.3) is 0 Å². The Balaban J connectivity index is 1.87. The lowest BCUT2D eigenvalue weighted by Gasteiger charge is -2.32. The van der Waals surface area contributed by atoms with Crippen LogP contribution in [0.15, 0.2) is 18.2 Å². The van der Waals surface area contributed by atoms with E-state index >= 15 is 0 Å². The van der Waals surface area contributed by atoms with Crippen LogP contribution in [-0.4, -0.2) is 45.2 Å². The summed E-state index contributed by atoms with van der Waals surface area (Å²) in [5.41, 5.74) is 1.94. The Hall–Kier alpha value is -1.13. The number of hydrogen-bond donors (Lipinski definition) is 1. The van der Waals surface area contributed by atoms with Gasteiger partial charge in [-0.3, -0.25) is 0 Å². The number of benzene rings is 1. The Labute approximate surface area is 134 Å². The highest BCUT2D eigenvalue weighted by Gasteiger charge is 2.18. The molecule has 2 rings (SSSR count). The molecule has 1 aliphatic heterocycles. The maximum atomic E-state index is 14.1. The van der Waals surface area contributed by atoms with Gasteiger partial charge in [0.2, 0.25) is 0 Å². The maximum absolute atomic E-state index is 14.1. The molecule has 3 nitrogen and oxygen atoms in total. The van der Waals surface area contributed by atoms with Gasteiger partial charge >= 0.3 is 0 Å². The van der Waals surface area contributed by atoms with Crippen LogP contribution in [0.25, 0.3) is 0 Å². The molecule has 1 aliphatic rings. The highest BCUT2D eigenvalue weighted by Crippen LogP contribution is 2.26. The lowest BCUT2D eigenvalue weighted by Crippen LogP contribution is -2.33. The SMILES string of the molecule is CC1CCN(c2cc(CNCCCN(C)C)ccc2F)CC1. The zero-order valence-corrected chi connectivity index (χ0v) is 14.2. The zero-order valence-electron chi connectivity index (χ0n) is 14.2. The van der Waals surface area contributed by atoms with E-state index in [9.17, 15) is 4.39 Å². The zero-order chi connectivity index (χ0) is 15.9. The highest BCUT2D eigenvalue weighted by atomic mass is 19.1. The lowest BCUT2D eigenvalue weighted by atomic mass is 9.98. The first-order valence-corrected chi connectivity index (χ1v) is 8.45. The van der Waals surface area contributed by atoms with Gasteiger partial charge in [-0.1, -0.05) is 13.0 Å². The molecule has 1 fully saturated rings. The standard InChI is InChI=1S/C18H30FN3/c1-15-7-11-22(12-8-15)18-13-16(5-6-17(18)19)14-20-9-4-10-21(2)3/h5-6,13,15,20H,4,7-12,14H2,1-3H3. The third-order valence-corrected chi connectivity index (χ3v) is 4.42. The molecule has 0 spiro atoms. The van der Waals surface area contributed by atoms with Crippen LogP contribution < -0.4 is 10.2 Å². The minimum absolute atomic E-state index is 0.0917. The number of anilines is 1. The van der Waals surface area contributed by atoms with Gasteiger partial charge in [-0.15, -0.1) is 0 Å². The van der Waals surface area contributed by atoms with Gasteiger partial charge in [-0.2, -0.15) is 0 Å². The monoisotopic (exact) mass is 307 g/mol. The summed E-state index contributed by atoms with van der Waals surface area (Å²) in [6, 6.07) is 5.53. The Kier molecular flexibility index (Phi) is 6.65. The summed E-state index contributed by atoms with van der Waals surface area (Å²) in [5.74, 6) is 0.673. The fraction of sp³-hybridized carbons (Fsp3) is 0.667. The summed E-state index contributed by atoms with van der Waals surface area (Å²) in [6.07, 6.45) is 3.45. The largest absolute Gasteiger partial charge is 0.369 e. The number of nitrogens with zero attached hydrogens (tertiary/aromatic N) is 2. The third kappa shape index (κ3) is 5.25. The molecular weight excluding hydrogens is 277 g/mol. The Morgan fingerprint density at radius 1 is 1.27 bits per heavy atom. The molecule has 0 unspecified atom stereocenters. The van der Waals surface area contributed by atoms with Crippen molar-refractivity contribution in [2.24, 2.45) is 5.92 Å². The molecule has 0 bridgehead atoms. The average molecular weight is 307 g/mol. The van der Waals surface area contributed by atoms with Crippen LogP contribution in [0.3, 0.4) is 0 Å². The van der Waals surface area contributed by atoms with Crippen molar-refractivity contribution in [1.82, 2.24) is 10.2 Å². The first-order valence-electron chi connectivity index (χ1n) is 8.45. The van der Waals surface area contributed by atoms with E-state index in [2.05, 4.69) is 36.1 Å². The number of hydrogen-bond acceptors (Lipinski definition) is 3. The van der Waals surface area contributed by atoms with E-state index in [1.807, 2.05) is 12.1 Å². The fourth-order valence-corrected chi connectivity index (χ4v) is 2.91. The fourth-order valence-electron chi connectivity index (χ4n) is 2.91. The second-order valence-electron chi connectivity index (χ2n) is 6.79. The molecular formula is C18H30FN3. The topological polar surface area (TPSA) is 18.5 Å². The molecule has 1 heterocycles. The normalized spacial score (nSPS) is 16.5. The second kappa shape index (κ2) is 8.49. The molecule has 0 aliphatic carbocycles. The number of nitrogens with one attached hydrogen (secondary N) is 1. The van der Waals surface area contributed by atoms with E-state index in [4.69, 9.17) is 0 Å². The number of halogens is 1. The van der Waals surface area contributed by atoms with Crippen LogP contribution in [0.5, 0.6) is 0 Å². The van der Waals surface area contributed by atoms with Crippen molar-refractivity contribution >= 4 is 5.69 Å². The summed E-state index contributed by atoms with van der Waals surface area (Å²) in [4.78, 5) is 4.39. The summed E-state index contributed by atoms with van der Waals surface area (Å²) in [7, 11) is 4.18. The second-order valence-corrected chi connectivity index (χ2v) is 6.79. The van der Waals surface area contributed by atoms with Gasteiger partial charge in [0.15, 0.2) is 0 Å². The third-order valence-electron chi connectivity index (χ3n) is 4.42.